The molecule has 3 aromatic heterocycles. The molecule has 168 valence electrons. The summed E-state index contributed by atoms with van der Waals surface area (Å²) in [4.78, 5) is 34.5. The van der Waals surface area contributed by atoms with Crippen molar-refractivity contribution in [3.05, 3.63) is 83.8 Å². The number of benzene rings is 2. The fourth-order valence-corrected chi connectivity index (χ4v) is 3.91. The Morgan fingerprint density at radius 1 is 0.882 bits per heavy atom. The molecule has 0 bridgehead atoms. The molecule has 9 nitrogen and oxygen atoms in total. The lowest BCUT2D eigenvalue weighted by Gasteiger charge is -2.10. The molecule has 3 heterocycles. The maximum atomic E-state index is 12.4. The largest absolute Gasteiger partial charge is 0.324 e. The van der Waals surface area contributed by atoms with Crippen molar-refractivity contribution in [2.75, 3.05) is 16.0 Å². The van der Waals surface area contributed by atoms with E-state index < -0.39 is 0 Å². The van der Waals surface area contributed by atoms with Crippen molar-refractivity contribution < 1.29 is 4.79 Å². The minimum absolute atomic E-state index is 0.233. The van der Waals surface area contributed by atoms with E-state index in [1.807, 2.05) is 61.0 Å². The highest BCUT2D eigenvalue weighted by Gasteiger charge is 2.10. The van der Waals surface area contributed by atoms with Gasteiger partial charge in [0.15, 0.2) is 0 Å². The van der Waals surface area contributed by atoms with Crippen molar-refractivity contribution in [1.29, 1.82) is 0 Å². The van der Waals surface area contributed by atoms with E-state index in [2.05, 4.69) is 40.9 Å². The normalized spacial score (nSPS) is 10.7. The van der Waals surface area contributed by atoms with Gasteiger partial charge in [0.1, 0.15) is 11.6 Å². The van der Waals surface area contributed by atoms with Crippen molar-refractivity contribution in [3.8, 4) is 0 Å². The molecule has 0 unspecified atom stereocenters. The van der Waals surface area contributed by atoms with Gasteiger partial charge >= 0.3 is 0 Å². The number of hydrogen-bond acceptors (Lipinski definition) is 9. The molecule has 0 aliphatic carbocycles. The van der Waals surface area contributed by atoms with Crippen LogP contribution in [0.25, 0.3) is 10.2 Å². The number of amides is 1. The van der Waals surface area contributed by atoms with Crippen molar-refractivity contribution >= 4 is 56.5 Å². The third-order valence-electron chi connectivity index (χ3n) is 4.88. The van der Waals surface area contributed by atoms with E-state index in [0.29, 0.717) is 35.5 Å². The maximum absolute atomic E-state index is 12.4. The van der Waals surface area contributed by atoms with E-state index >= 15 is 0 Å². The zero-order chi connectivity index (χ0) is 23.3. The van der Waals surface area contributed by atoms with Crippen molar-refractivity contribution in [2.45, 2.75) is 13.3 Å². The molecule has 34 heavy (non-hydrogen) atoms. The molecular formula is C24H20N8OS. The van der Waals surface area contributed by atoms with Gasteiger partial charge in [0.05, 0.1) is 21.3 Å². The van der Waals surface area contributed by atoms with Gasteiger partial charge in [-0.05, 0) is 42.5 Å². The third-order valence-corrected chi connectivity index (χ3v) is 5.67. The number of thiazole rings is 1. The maximum Gasteiger partial charge on any atom is 0.257 e. The van der Waals surface area contributed by atoms with Crippen molar-refractivity contribution in [2.24, 2.45) is 0 Å². The summed E-state index contributed by atoms with van der Waals surface area (Å²) in [7, 11) is 0. The first-order valence-electron chi connectivity index (χ1n) is 10.6. The summed E-state index contributed by atoms with van der Waals surface area (Å²) in [6.07, 6.45) is 2.15. The molecule has 2 aromatic carbocycles. The van der Waals surface area contributed by atoms with Gasteiger partial charge in [0, 0.05) is 24.0 Å². The van der Waals surface area contributed by atoms with E-state index in [9.17, 15) is 4.79 Å². The van der Waals surface area contributed by atoms with Crippen LogP contribution in [0.2, 0.25) is 0 Å². The second-order valence-electron chi connectivity index (χ2n) is 7.29. The molecule has 0 saturated carbocycles. The number of nitrogens with zero attached hydrogens (tertiary/aromatic N) is 5. The predicted octanol–water partition coefficient (Wildman–Crippen LogP) is 5.18. The Morgan fingerprint density at radius 3 is 2.47 bits per heavy atom. The van der Waals surface area contributed by atoms with Gasteiger partial charge < -0.3 is 16.0 Å². The summed E-state index contributed by atoms with van der Waals surface area (Å²) in [5.41, 5.74) is 4.80. The summed E-state index contributed by atoms with van der Waals surface area (Å²) in [5.74, 6) is 1.71. The first-order chi connectivity index (χ1) is 16.7. The van der Waals surface area contributed by atoms with Crippen LogP contribution in [0.4, 0.5) is 29.1 Å². The van der Waals surface area contributed by atoms with Crippen LogP contribution in [0.1, 0.15) is 23.1 Å². The van der Waals surface area contributed by atoms with Gasteiger partial charge in [-0.15, -0.1) is 11.3 Å². The van der Waals surface area contributed by atoms with E-state index in [-0.39, 0.29) is 5.91 Å². The number of fused-ring (bicyclic) bond motifs is 1. The number of aromatic nitrogens is 5. The standard InChI is InChI=1S/C24H20N8OS/c1-2-20-29-23(28-17-9-10-18-19(12-17)34-14-26-18)32-24(30-20)31-21-11-8-15(13-25-21)22(33)27-16-6-4-3-5-7-16/h3-14H,2H2,1H3,(H,27,33)(H2,25,28,29,30,31,32). The van der Waals surface area contributed by atoms with Gasteiger partial charge in [0.25, 0.3) is 5.91 Å². The third kappa shape index (κ3) is 4.97. The van der Waals surface area contributed by atoms with Crippen LogP contribution in [0, 0.1) is 0 Å². The van der Waals surface area contributed by atoms with Crippen LogP contribution < -0.4 is 16.0 Å². The quantitative estimate of drug-likeness (QED) is 0.299. The molecule has 10 heteroatoms. The first kappa shape index (κ1) is 21.4. The molecule has 0 spiro atoms. The number of rotatable bonds is 7. The number of hydrogen-bond donors (Lipinski definition) is 3. The lowest BCUT2D eigenvalue weighted by Crippen LogP contribution is -2.12. The second-order valence-corrected chi connectivity index (χ2v) is 8.18. The number of carbonyl (C=O) groups is 1. The number of anilines is 5. The fourth-order valence-electron chi connectivity index (χ4n) is 3.19. The van der Waals surface area contributed by atoms with Gasteiger partial charge in [0.2, 0.25) is 11.9 Å². The molecule has 0 fully saturated rings. The number of para-hydroxylation sites is 1. The highest BCUT2D eigenvalue weighted by atomic mass is 32.1. The van der Waals surface area contributed by atoms with E-state index in [0.717, 1.165) is 21.6 Å². The fraction of sp³-hybridized carbons (Fsp3) is 0.0833. The number of pyridine rings is 1. The minimum Gasteiger partial charge on any atom is -0.324 e. The lowest BCUT2D eigenvalue weighted by molar-refractivity contribution is 0.102. The summed E-state index contributed by atoms with van der Waals surface area (Å²) < 4.78 is 1.08. The van der Waals surface area contributed by atoms with Gasteiger partial charge in [-0.3, -0.25) is 4.79 Å². The number of carbonyl (C=O) groups excluding carboxylic acids is 1. The molecule has 3 N–H and O–H groups in total. The summed E-state index contributed by atoms with van der Waals surface area (Å²) in [6, 6.07) is 18.6. The van der Waals surface area contributed by atoms with E-state index in [4.69, 9.17) is 0 Å². The summed E-state index contributed by atoms with van der Waals surface area (Å²) >= 11 is 1.57. The van der Waals surface area contributed by atoms with Gasteiger partial charge in [-0.25, -0.2) is 9.97 Å². The van der Waals surface area contributed by atoms with Crippen LogP contribution in [0.5, 0.6) is 0 Å². The Bertz CT molecular complexity index is 1440. The van der Waals surface area contributed by atoms with Crippen LogP contribution in [0.3, 0.4) is 0 Å². The summed E-state index contributed by atoms with van der Waals surface area (Å²) in [6.45, 7) is 1.98. The Labute approximate surface area is 199 Å². The molecule has 0 radical (unpaired) electrons. The number of aryl methyl sites for hydroxylation is 1. The predicted molar refractivity (Wildman–Crippen MR) is 134 cm³/mol. The second kappa shape index (κ2) is 9.59. The molecule has 5 aromatic rings. The van der Waals surface area contributed by atoms with Crippen LogP contribution in [-0.4, -0.2) is 30.8 Å². The Balaban J connectivity index is 1.31. The topological polar surface area (TPSA) is 118 Å². The van der Waals surface area contributed by atoms with Crippen molar-refractivity contribution in [1.82, 2.24) is 24.9 Å². The van der Waals surface area contributed by atoms with Crippen molar-refractivity contribution in [3.63, 3.8) is 0 Å². The lowest BCUT2D eigenvalue weighted by atomic mass is 10.2. The van der Waals surface area contributed by atoms with E-state index in [1.54, 1.807) is 23.5 Å². The molecule has 0 saturated heterocycles. The molecule has 0 aliphatic heterocycles. The van der Waals surface area contributed by atoms with Crippen LogP contribution in [0.15, 0.2) is 72.4 Å². The average Bonchev–Trinajstić information content (AvgIpc) is 3.33. The highest BCUT2D eigenvalue weighted by Crippen LogP contribution is 2.24. The van der Waals surface area contributed by atoms with Gasteiger partial charge in [-0.1, -0.05) is 25.1 Å². The molecule has 1 amide bonds. The SMILES string of the molecule is CCc1nc(Nc2ccc3ncsc3c2)nc(Nc2ccc(C(=O)Nc3ccccc3)cn2)n1. The number of nitrogens with one attached hydrogen (secondary N) is 3. The van der Waals surface area contributed by atoms with E-state index in [1.165, 1.54) is 6.20 Å². The molecular weight excluding hydrogens is 448 g/mol. The zero-order valence-electron chi connectivity index (χ0n) is 18.2. The zero-order valence-corrected chi connectivity index (χ0v) is 19.0. The first-order valence-corrected chi connectivity index (χ1v) is 11.5. The average molecular weight is 469 g/mol. The monoisotopic (exact) mass is 468 g/mol. The minimum atomic E-state index is -0.233. The molecule has 0 aliphatic rings. The Morgan fingerprint density at radius 2 is 1.71 bits per heavy atom. The van der Waals surface area contributed by atoms with Crippen LogP contribution >= 0.6 is 11.3 Å². The smallest absolute Gasteiger partial charge is 0.257 e. The Kier molecular flexibility index (Phi) is 6.04. The van der Waals surface area contributed by atoms with Gasteiger partial charge in [-0.2, -0.15) is 15.0 Å². The molecule has 0 atom stereocenters. The molecule has 5 rings (SSSR count). The Hall–Kier alpha value is -4.44. The highest BCUT2D eigenvalue weighted by molar-refractivity contribution is 7.16. The van der Waals surface area contributed by atoms with Crippen LogP contribution in [-0.2, 0) is 6.42 Å². The summed E-state index contributed by atoms with van der Waals surface area (Å²) in [5, 5.41) is 9.17.